The van der Waals surface area contributed by atoms with E-state index in [9.17, 15) is 19.2 Å². The van der Waals surface area contributed by atoms with E-state index in [1.54, 1.807) is 18.2 Å². The molecule has 2 N–H and O–H groups in total. The molecule has 1 aliphatic heterocycles. The van der Waals surface area contributed by atoms with Crippen LogP contribution >= 0.6 is 15.9 Å². The van der Waals surface area contributed by atoms with Crippen LogP contribution in [0.1, 0.15) is 16.7 Å². The number of nitrogens with zero attached hydrogens (tertiary/aromatic N) is 1. The Morgan fingerprint density at radius 2 is 1.86 bits per heavy atom. The predicted molar refractivity (Wildman–Crippen MR) is 134 cm³/mol. The Labute approximate surface area is 210 Å². The minimum absolute atomic E-state index is 0.0355. The van der Waals surface area contributed by atoms with Gasteiger partial charge in [-0.1, -0.05) is 12.1 Å². The summed E-state index contributed by atoms with van der Waals surface area (Å²) in [6, 6.07) is 7.69. The molecule has 0 saturated carbocycles. The molecular weight excluding hydrogens is 518 g/mol. The fourth-order valence-electron chi connectivity index (χ4n) is 3.26. The van der Waals surface area contributed by atoms with Gasteiger partial charge in [0.25, 0.3) is 17.7 Å². The molecule has 9 nitrogen and oxygen atoms in total. The van der Waals surface area contributed by atoms with Crippen molar-refractivity contribution >= 4 is 51.4 Å². The fraction of sp³-hybridized carbons (Fsp3) is 0.200. The molecule has 1 saturated heterocycles. The Morgan fingerprint density at radius 3 is 2.54 bits per heavy atom. The zero-order chi connectivity index (χ0) is 25.7. The van der Waals surface area contributed by atoms with Crippen LogP contribution in [0.25, 0.3) is 6.08 Å². The maximum Gasteiger partial charge on any atom is 0.331 e. The lowest BCUT2D eigenvalue weighted by Gasteiger charge is -2.25. The summed E-state index contributed by atoms with van der Waals surface area (Å²) in [6.07, 6.45) is 2.73. The summed E-state index contributed by atoms with van der Waals surface area (Å²) >= 11 is 3.44. The molecule has 0 bridgehead atoms. The van der Waals surface area contributed by atoms with Crippen LogP contribution in [0.5, 0.6) is 11.5 Å². The lowest BCUT2D eigenvalue weighted by molar-refractivity contribution is -0.129. The van der Waals surface area contributed by atoms with E-state index in [1.807, 2.05) is 26.0 Å². The van der Waals surface area contributed by atoms with Gasteiger partial charge in [-0.25, -0.2) is 4.79 Å². The first-order chi connectivity index (χ1) is 16.6. The van der Waals surface area contributed by atoms with Gasteiger partial charge < -0.3 is 14.8 Å². The molecule has 2 aromatic carbocycles. The van der Waals surface area contributed by atoms with Crippen LogP contribution in [0, 0.1) is 13.8 Å². The zero-order valence-electron chi connectivity index (χ0n) is 19.4. The number of nitrogens with one attached hydrogen (secondary N) is 2. The predicted octanol–water partition coefficient (Wildman–Crippen LogP) is 3.74. The summed E-state index contributed by atoms with van der Waals surface area (Å²) in [5.74, 6) is -1.30. The van der Waals surface area contributed by atoms with Crippen LogP contribution in [0.2, 0.25) is 0 Å². The summed E-state index contributed by atoms with van der Waals surface area (Å²) in [7, 11) is 1.42. The van der Waals surface area contributed by atoms with Gasteiger partial charge in [0.15, 0.2) is 18.1 Å². The number of urea groups is 1. The molecule has 0 unspecified atom stereocenters. The van der Waals surface area contributed by atoms with E-state index >= 15 is 0 Å². The Kier molecular flexibility index (Phi) is 8.08. The van der Waals surface area contributed by atoms with Crippen LogP contribution < -0.4 is 20.1 Å². The van der Waals surface area contributed by atoms with Crippen molar-refractivity contribution in [2.45, 2.75) is 13.8 Å². The molecule has 10 heteroatoms. The fourth-order valence-corrected chi connectivity index (χ4v) is 3.81. The molecule has 1 aliphatic rings. The second-order valence-electron chi connectivity index (χ2n) is 7.69. The molecule has 0 aliphatic carbocycles. The van der Waals surface area contributed by atoms with E-state index in [0.29, 0.717) is 22.7 Å². The van der Waals surface area contributed by atoms with Gasteiger partial charge in [0, 0.05) is 11.0 Å². The Hall–Kier alpha value is -3.92. The van der Waals surface area contributed by atoms with Crippen LogP contribution in [0.4, 0.5) is 10.5 Å². The Balaban J connectivity index is 1.74. The number of benzene rings is 2. The standard InChI is InChI=1S/C25H24BrN3O6/c1-5-8-29-24(32)17(23(31)28-25(29)33)11-16-6-7-20(21(12-16)34-4)35-13-22(30)27-19-10-15(3)14(2)9-18(19)26/h5-7,9-12H,1,8,13H2,2-4H3,(H,27,30)(H,28,31,33). The molecule has 1 heterocycles. The third-order valence-corrected chi connectivity index (χ3v) is 5.87. The average molecular weight is 542 g/mol. The summed E-state index contributed by atoms with van der Waals surface area (Å²) in [5, 5.41) is 4.92. The first kappa shape index (κ1) is 25.7. The smallest absolute Gasteiger partial charge is 0.331 e. The van der Waals surface area contributed by atoms with E-state index < -0.39 is 17.8 Å². The van der Waals surface area contributed by atoms with Crippen molar-refractivity contribution in [3.05, 3.63) is 69.7 Å². The summed E-state index contributed by atoms with van der Waals surface area (Å²) in [4.78, 5) is 49.9. The molecule has 0 spiro atoms. The molecule has 35 heavy (non-hydrogen) atoms. The Morgan fingerprint density at radius 1 is 1.14 bits per heavy atom. The highest BCUT2D eigenvalue weighted by molar-refractivity contribution is 9.10. The first-order valence-electron chi connectivity index (χ1n) is 10.5. The molecule has 0 radical (unpaired) electrons. The van der Waals surface area contributed by atoms with Crippen molar-refractivity contribution in [3.63, 3.8) is 0 Å². The molecule has 5 amide bonds. The lowest BCUT2D eigenvalue weighted by Crippen LogP contribution is -2.54. The maximum atomic E-state index is 12.6. The van der Waals surface area contributed by atoms with Crippen molar-refractivity contribution in [2.24, 2.45) is 0 Å². The molecule has 2 aromatic rings. The van der Waals surface area contributed by atoms with Crippen molar-refractivity contribution in [1.82, 2.24) is 10.2 Å². The number of carbonyl (C=O) groups excluding carboxylic acids is 4. The minimum atomic E-state index is -0.801. The zero-order valence-corrected chi connectivity index (χ0v) is 21.0. The SMILES string of the molecule is C=CCN1C(=O)NC(=O)C(=Cc2ccc(OCC(=O)Nc3cc(C)c(C)cc3Br)c(OC)c2)C1=O. The van der Waals surface area contributed by atoms with Gasteiger partial charge in [-0.05, 0) is 76.8 Å². The Bertz CT molecular complexity index is 1250. The third kappa shape index (κ3) is 5.96. The summed E-state index contributed by atoms with van der Waals surface area (Å²) in [6.45, 7) is 7.14. The first-order valence-corrected chi connectivity index (χ1v) is 11.3. The van der Waals surface area contributed by atoms with Gasteiger partial charge in [-0.3, -0.25) is 24.6 Å². The van der Waals surface area contributed by atoms with Gasteiger partial charge in [0.05, 0.1) is 12.8 Å². The number of amides is 5. The molecule has 0 atom stereocenters. The van der Waals surface area contributed by atoms with Gasteiger partial charge in [0.1, 0.15) is 5.57 Å². The number of hydrogen-bond acceptors (Lipinski definition) is 6. The summed E-state index contributed by atoms with van der Waals surface area (Å²) in [5.41, 5.74) is 3.02. The van der Waals surface area contributed by atoms with E-state index in [2.05, 4.69) is 33.1 Å². The van der Waals surface area contributed by atoms with Gasteiger partial charge in [0.2, 0.25) is 0 Å². The van der Waals surface area contributed by atoms with Crippen LogP contribution in [0.15, 0.2) is 53.0 Å². The van der Waals surface area contributed by atoms with Crippen LogP contribution in [-0.2, 0) is 14.4 Å². The van der Waals surface area contributed by atoms with Gasteiger partial charge in [-0.15, -0.1) is 6.58 Å². The second-order valence-corrected chi connectivity index (χ2v) is 8.54. The second kappa shape index (κ2) is 11.0. The van der Waals surface area contributed by atoms with Gasteiger partial charge >= 0.3 is 6.03 Å². The molecular formula is C25H24BrN3O6. The molecule has 1 fully saturated rings. The molecule has 182 valence electrons. The molecule has 0 aromatic heterocycles. The van der Waals surface area contributed by atoms with Crippen molar-refractivity contribution in [1.29, 1.82) is 0 Å². The van der Waals surface area contributed by atoms with Gasteiger partial charge in [-0.2, -0.15) is 0 Å². The van der Waals surface area contributed by atoms with Crippen LogP contribution in [0.3, 0.4) is 0 Å². The number of anilines is 1. The number of carbonyl (C=O) groups is 4. The maximum absolute atomic E-state index is 12.6. The monoisotopic (exact) mass is 541 g/mol. The quantitative estimate of drug-likeness (QED) is 0.299. The van der Waals surface area contributed by atoms with Crippen molar-refractivity contribution < 1.29 is 28.7 Å². The number of aryl methyl sites for hydroxylation is 2. The minimum Gasteiger partial charge on any atom is -0.493 e. The highest BCUT2D eigenvalue weighted by Crippen LogP contribution is 2.30. The number of methoxy groups -OCH3 is 1. The normalized spacial score (nSPS) is 14.6. The highest BCUT2D eigenvalue weighted by atomic mass is 79.9. The average Bonchev–Trinajstić information content (AvgIpc) is 2.81. The highest BCUT2D eigenvalue weighted by Gasteiger charge is 2.34. The number of ether oxygens (including phenoxy) is 2. The number of rotatable bonds is 8. The van der Waals surface area contributed by atoms with Crippen LogP contribution in [-0.4, -0.2) is 48.9 Å². The van der Waals surface area contributed by atoms with Crippen molar-refractivity contribution in [2.75, 3.05) is 25.6 Å². The number of hydrogen-bond donors (Lipinski definition) is 2. The number of barbiturate groups is 1. The largest absolute Gasteiger partial charge is 0.493 e. The summed E-state index contributed by atoms with van der Waals surface area (Å²) < 4.78 is 11.7. The van der Waals surface area contributed by atoms with E-state index in [4.69, 9.17) is 9.47 Å². The van der Waals surface area contributed by atoms with E-state index in [1.165, 1.54) is 19.3 Å². The topological polar surface area (TPSA) is 114 Å². The van der Waals surface area contributed by atoms with Crippen molar-refractivity contribution in [3.8, 4) is 11.5 Å². The number of imide groups is 2. The van der Waals surface area contributed by atoms with E-state index in [0.717, 1.165) is 20.5 Å². The third-order valence-electron chi connectivity index (χ3n) is 5.21. The lowest BCUT2D eigenvalue weighted by atomic mass is 10.1. The molecule has 3 rings (SSSR count). The number of halogens is 1. The van der Waals surface area contributed by atoms with E-state index in [-0.39, 0.29) is 24.6 Å².